The summed E-state index contributed by atoms with van der Waals surface area (Å²) in [6.07, 6.45) is -0.731. The number of carbonyl (C=O) groups is 3. The van der Waals surface area contributed by atoms with Gasteiger partial charge in [-0.3, -0.25) is 4.79 Å². The predicted molar refractivity (Wildman–Crippen MR) is 153 cm³/mol. The number of carbonyl (C=O) groups excluding carboxylic acids is 2. The molecule has 0 aliphatic rings. The van der Waals surface area contributed by atoms with E-state index >= 15 is 0 Å². The monoisotopic (exact) mass is 530 g/mol. The Morgan fingerprint density at radius 3 is 1.97 bits per heavy atom. The first kappa shape index (κ1) is 29.4. The number of ether oxygens (including phenoxy) is 1. The Labute approximate surface area is 230 Å². The van der Waals surface area contributed by atoms with Crippen LogP contribution in [0.1, 0.15) is 62.0 Å². The smallest absolute Gasteiger partial charge is 0.408 e. The van der Waals surface area contributed by atoms with E-state index in [1.54, 1.807) is 45.0 Å². The fourth-order valence-corrected chi connectivity index (χ4v) is 4.27. The zero-order valence-corrected chi connectivity index (χ0v) is 23.2. The quantitative estimate of drug-likeness (QED) is 0.296. The van der Waals surface area contributed by atoms with Crippen LogP contribution in [0.2, 0.25) is 0 Å². The number of alkyl carbamates (subject to hydrolysis) is 1. The van der Waals surface area contributed by atoms with Crippen molar-refractivity contribution in [1.82, 2.24) is 10.6 Å². The third-order valence-corrected chi connectivity index (χ3v) is 6.38. The number of aliphatic carboxylic acids is 1. The van der Waals surface area contributed by atoms with Gasteiger partial charge in [0.2, 0.25) is 0 Å². The zero-order chi connectivity index (χ0) is 28.6. The van der Waals surface area contributed by atoms with Gasteiger partial charge in [0.25, 0.3) is 5.91 Å². The second-order valence-corrected chi connectivity index (χ2v) is 11.0. The maximum Gasteiger partial charge on any atom is 0.408 e. The van der Waals surface area contributed by atoms with Crippen molar-refractivity contribution in [3.05, 3.63) is 95.6 Å². The van der Waals surface area contributed by atoms with Crippen molar-refractivity contribution in [3.8, 4) is 11.1 Å². The summed E-state index contributed by atoms with van der Waals surface area (Å²) in [5, 5.41) is 15.0. The Bertz CT molecular complexity index is 1250. The summed E-state index contributed by atoms with van der Waals surface area (Å²) in [7, 11) is 0. The van der Waals surface area contributed by atoms with Gasteiger partial charge in [-0.05, 0) is 61.1 Å². The van der Waals surface area contributed by atoms with Gasteiger partial charge in [0.15, 0.2) is 0 Å². The lowest BCUT2D eigenvalue weighted by Gasteiger charge is -2.22. The van der Waals surface area contributed by atoms with Gasteiger partial charge in [0.1, 0.15) is 11.6 Å². The first-order valence-corrected chi connectivity index (χ1v) is 13.2. The van der Waals surface area contributed by atoms with Crippen LogP contribution in [0.5, 0.6) is 0 Å². The van der Waals surface area contributed by atoms with Crippen LogP contribution in [0.25, 0.3) is 11.1 Å². The Morgan fingerprint density at radius 2 is 1.44 bits per heavy atom. The van der Waals surface area contributed by atoms with Crippen LogP contribution in [-0.2, 0) is 16.0 Å². The Hall–Kier alpha value is -4.13. The van der Waals surface area contributed by atoms with Crippen molar-refractivity contribution in [2.24, 2.45) is 5.92 Å². The molecule has 0 saturated carbocycles. The second-order valence-electron chi connectivity index (χ2n) is 11.0. The number of benzene rings is 3. The van der Waals surface area contributed by atoms with Crippen molar-refractivity contribution >= 4 is 18.0 Å². The summed E-state index contributed by atoms with van der Waals surface area (Å²) in [6.45, 7) is 9.89. The highest BCUT2D eigenvalue weighted by Gasteiger charge is 2.24. The van der Waals surface area contributed by atoms with Crippen molar-refractivity contribution in [2.75, 3.05) is 6.54 Å². The first-order chi connectivity index (χ1) is 18.4. The van der Waals surface area contributed by atoms with Gasteiger partial charge in [0.05, 0.1) is 0 Å². The molecule has 3 N–H and O–H groups in total. The molecule has 206 valence electrons. The van der Waals surface area contributed by atoms with Crippen LogP contribution in [-0.4, -0.2) is 41.3 Å². The topological polar surface area (TPSA) is 105 Å². The van der Waals surface area contributed by atoms with Crippen LogP contribution in [0.3, 0.4) is 0 Å². The molecule has 0 spiro atoms. The Morgan fingerprint density at radius 1 is 0.846 bits per heavy atom. The molecule has 0 aromatic heterocycles. The highest BCUT2D eigenvalue weighted by atomic mass is 16.6. The number of nitrogens with one attached hydrogen (secondary N) is 2. The summed E-state index contributed by atoms with van der Waals surface area (Å²) < 4.78 is 5.16. The highest BCUT2D eigenvalue weighted by molar-refractivity contribution is 5.94. The molecule has 2 unspecified atom stereocenters. The number of hydrogen-bond donors (Lipinski definition) is 3. The molecular formula is C32H38N2O5. The number of carboxylic acid groups (broad SMARTS) is 1. The lowest BCUT2D eigenvalue weighted by molar-refractivity contribution is -0.139. The summed E-state index contributed by atoms with van der Waals surface area (Å²) in [6, 6.07) is 24.3. The molecule has 2 amide bonds. The van der Waals surface area contributed by atoms with Crippen molar-refractivity contribution in [2.45, 2.75) is 58.6 Å². The molecule has 7 heteroatoms. The number of amides is 2. The molecule has 3 rings (SSSR count). The highest BCUT2D eigenvalue weighted by Crippen LogP contribution is 2.27. The predicted octanol–water partition coefficient (Wildman–Crippen LogP) is 6.04. The molecular weight excluding hydrogens is 492 g/mol. The summed E-state index contributed by atoms with van der Waals surface area (Å²) in [5.41, 5.74) is 3.90. The molecule has 3 aromatic rings. The molecule has 0 fully saturated rings. The lowest BCUT2D eigenvalue weighted by atomic mass is 9.87. The minimum atomic E-state index is -1.17. The molecule has 39 heavy (non-hydrogen) atoms. The average Bonchev–Trinajstić information content (AvgIpc) is 2.88. The van der Waals surface area contributed by atoms with Gasteiger partial charge in [-0.25, -0.2) is 9.59 Å². The average molecular weight is 531 g/mol. The Balaban J connectivity index is 1.60. The molecule has 7 nitrogen and oxygen atoms in total. The minimum absolute atomic E-state index is 0.0604. The minimum Gasteiger partial charge on any atom is -0.480 e. The zero-order valence-electron chi connectivity index (χ0n) is 23.2. The lowest BCUT2D eigenvalue weighted by Crippen LogP contribution is -2.44. The maximum atomic E-state index is 12.9. The van der Waals surface area contributed by atoms with E-state index in [-0.39, 0.29) is 18.2 Å². The second kappa shape index (κ2) is 13.1. The van der Waals surface area contributed by atoms with Crippen LogP contribution in [0, 0.1) is 5.92 Å². The van der Waals surface area contributed by atoms with Gasteiger partial charge in [-0.15, -0.1) is 0 Å². The van der Waals surface area contributed by atoms with Gasteiger partial charge >= 0.3 is 12.1 Å². The van der Waals surface area contributed by atoms with Crippen molar-refractivity contribution < 1.29 is 24.2 Å². The molecule has 3 aromatic carbocycles. The molecule has 0 saturated heterocycles. The number of rotatable bonds is 10. The molecule has 0 radical (unpaired) electrons. The van der Waals surface area contributed by atoms with E-state index in [1.165, 1.54) is 0 Å². The Kier molecular flexibility index (Phi) is 9.88. The van der Waals surface area contributed by atoms with Crippen LogP contribution >= 0.6 is 0 Å². The summed E-state index contributed by atoms with van der Waals surface area (Å²) in [5.74, 6) is -0.900. The van der Waals surface area contributed by atoms with E-state index in [0.717, 1.165) is 16.7 Å². The van der Waals surface area contributed by atoms with E-state index in [1.807, 2.05) is 18.2 Å². The number of hydrogen-bond acceptors (Lipinski definition) is 4. The van der Waals surface area contributed by atoms with Gasteiger partial charge in [-0.1, -0.05) is 80.6 Å². The first-order valence-electron chi connectivity index (χ1n) is 13.2. The van der Waals surface area contributed by atoms with E-state index in [2.05, 4.69) is 60.9 Å². The van der Waals surface area contributed by atoms with E-state index in [9.17, 15) is 19.5 Å². The van der Waals surface area contributed by atoms with Crippen molar-refractivity contribution in [3.63, 3.8) is 0 Å². The van der Waals surface area contributed by atoms with Crippen molar-refractivity contribution in [1.29, 1.82) is 0 Å². The number of carboxylic acids is 1. The molecule has 0 aliphatic heterocycles. The van der Waals surface area contributed by atoms with Crippen LogP contribution in [0.15, 0.2) is 78.9 Å². The summed E-state index contributed by atoms with van der Waals surface area (Å²) in [4.78, 5) is 36.6. The van der Waals surface area contributed by atoms with Crippen LogP contribution < -0.4 is 10.6 Å². The molecule has 2 atom stereocenters. The fourth-order valence-electron chi connectivity index (χ4n) is 4.27. The van der Waals surface area contributed by atoms with Gasteiger partial charge in [0, 0.05) is 24.4 Å². The van der Waals surface area contributed by atoms with E-state index < -0.39 is 23.7 Å². The van der Waals surface area contributed by atoms with E-state index in [0.29, 0.717) is 23.6 Å². The third-order valence-electron chi connectivity index (χ3n) is 6.38. The standard InChI is InChI=1S/C32H38N2O5/c1-21(2)27(25-17-15-24(16-18-25)23-9-7-6-8-10-23)20-33-29(35)26-13-11-22(12-14-26)19-28(30(36)37)34-31(38)39-32(3,4)5/h6-18,21,27-28H,19-20H2,1-5H3,(H,33,35)(H,34,38)(H,36,37). The molecule has 0 heterocycles. The normalized spacial score (nSPS) is 12.9. The third kappa shape index (κ3) is 8.99. The van der Waals surface area contributed by atoms with Gasteiger partial charge < -0.3 is 20.5 Å². The summed E-state index contributed by atoms with van der Waals surface area (Å²) >= 11 is 0. The van der Waals surface area contributed by atoms with E-state index in [4.69, 9.17) is 4.74 Å². The fraction of sp³-hybridized carbons (Fsp3) is 0.344. The van der Waals surface area contributed by atoms with Gasteiger partial charge in [-0.2, -0.15) is 0 Å². The molecule has 0 aliphatic carbocycles. The maximum absolute atomic E-state index is 12.9. The molecule has 0 bridgehead atoms. The van der Waals surface area contributed by atoms with Crippen LogP contribution in [0.4, 0.5) is 4.79 Å². The SMILES string of the molecule is CC(C)C(CNC(=O)c1ccc(CC(NC(=O)OC(C)(C)C)C(=O)O)cc1)c1ccc(-c2ccccc2)cc1. The largest absolute Gasteiger partial charge is 0.480 e.